The minimum atomic E-state index is -0.209. The summed E-state index contributed by atoms with van der Waals surface area (Å²) in [6.45, 7) is 0.403. The Labute approximate surface area is 145 Å². The van der Waals surface area contributed by atoms with Crippen LogP contribution < -0.4 is 14.8 Å². The van der Waals surface area contributed by atoms with Crippen molar-refractivity contribution < 1.29 is 19.1 Å². The average molecular weight is 348 g/mol. The fourth-order valence-electron chi connectivity index (χ4n) is 1.98. The maximum Gasteiger partial charge on any atom is 0.260 e. The number of carbonyl (C=O) groups is 1. The van der Waals surface area contributed by atoms with Gasteiger partial charge in [-0.25, -0.2) is 0 Å². The monoisotopic (exact) mass is 348 g/mol. The number of rotatable bonds is 9. The van der Waals surface area contributed by atoms with E-state index in [0.717, 1.165) is 10.4 Å². The fraction of sp³-hybridized carbons (Fsp3) is 0.294. The van der Waals surface area contributed by atoms with E-state index in [-0.39, 0.29) is 12.5 Å². The van der Waals surface area contributed by atoms with Crippen molar-refractivity contribution in [2.24, 2.45) is 5.16 Å². The second kappa shape index (κ2) is 9.57. The molecule has 0 saturated heterocycles. The van der Waals surface area contributed by atoms with Crippen LogP contribution >= 0.6 is 11.3 Å². The van der Waals surface area contributed by atoms with Crippen LogP contribution in [0.4, 0.5) is 0 Å². The number of ether oxygens (including phenoxy) is 2. The Hall–Kier alpha value is -2.54. The molecule has 2 aromatic rings. The molecule has 0 aliphatic carbocycles. The molecule has 1 amide bonds. The van der Waals surface area contributed by atoms with Crippen LogP contribution in [0, 0.1) is 0 Å². The number of oxime groups is 1. The lowest BCUT2D eigenvalue weighted by Crippen LogP contribution is -2.28. The highest BCUT2D eigenvalue weighted by Crippen LogP contribution is 2.27. The first-order chi connectivity index (χ1) is 11.7. The van der Waals surface area contributed by atoms with E-state index >= 15 is 0 Å². The van der Waals surface area contributed by atoms with E-state index in [2.05, 4.69) is 10.5 Å². The number of methoxy groups -OCH3 is 2. The molecule has 7 heteroatoms. The molecule has 0 bridgehead atoms. The van der Waals surface area contributed by atoms with Gasteiger partial charge in [-0.1, -0.05) is 17.3 Å². The molecule has 1 heterocycles. The van der Waals surface area contributed by atoms with Gasteiger partial charge in [-0.05, 0) is 35.6 Å². The predicted octanol–water partition coefficient (Wildman–Crippen LogP) is 2.47. The summed E-state index contributed by atoms with van der Waals surface area (Å²) in [7, 11) is 3.19. The normalized spacial score (nSPS) is 10.6. The van der Waals surface area contributed by atoms with Crippen LogP contribution in [0.25, 0.3) is 0 Å². The molecule has 2 rings (SSSR count). The number of hydrogen-bond acceptors (Lipinski definition) is 6. The number of thiophene rings is 1. The van der Waals surface area contributed by atoms with Crippen molar-refractivity contribution in [1.29, 1.82) is 0 Å². The van der Waals surface area contributed by atoms with Crippen LogP contribution in [0.15, 0.2) is 40.9 Å². The van der Waals surface area contributed by atoms with Gasteiger partial charge in [0, 0.05) is 11.4 Å². The second-order valence-electron chi connectivity index (χ2n) is 4.81. The molecule has 6 nitrogen and oxygen atoms in total. The Morgan fingerprint density at radius 1 is 1.25 bits per heavy atom. The Morgan fingerprint density at radius 2 is 2.08 bits per heavy atom. The summed E-state index contributed by atoms with van der Waals surface area (Å²) >= 11 is 1.55. The quantitative estimate of drug-likeness (QED) is 0.558. The molecule has 0 saturated carbocycles. The van der Waals surface area contributed by atoms with Gasteiger partial charge in [-0.15, -0.1) is 11.3 Å². The smallest absolute Gasteiger partial charge is 0.260 e. The number of amides is 1. The summed E-state index contributed by atoms with van der Waals surface area (Å²) in [5.41, 5.74) is 1.05. The maximum absolute atomic E-state index is 11.7. The first-order valence-corrected chi connectivity index (χ1v) is 8.27. The minimum Gasteiger partial charge on any atom is -0.493 e. The molecule has 1 aromatic carbocycles. The zero-order valence-electron chi connectivity index (χ0n) is 13.7. The summed E-state index contributed by atoms with van der Waals surface area (Å²) in [6, 6.07) is 9.52. The van der Waals surface area contributed by atoms with Crippen LogP contribution in [-0.4, -0.2) is 39.5 Å². The van der Waals surface area contributed by atoms with Crippen LogP contribution in [0.1, 0.15) is 10.4 Å². The Kier molecular flexibility index (Phi) is 7.10. The first kappa shape index (κ1) is 17.8. The highest BCUT2D eigenvalue weighted by molar-refractivity contribution is 7.11. The van der Waals surface area contributed by atoms with Gasteiger partial charge < -0.3 is 19.6 Å². The van der Waals surface area contributed by atoms with Crippen molar-refractivity contribution >= 4 is 23.5 Å². The van der Waals surface area contributed by atoms with Gasteiger partial charge in [-0.2, -0.15) is 0 Å². The third kappa shape index (κ3) is 5.58. The van der Waals surface area contributed by atoms with E-state index in [9.17, 15) is 4.79 Å². The van der Waals surface area contributed by atoms with E-state index in [0.29, 0.717) is 24.5 Å². The number of benzene rings is 1. The molecule has 0 radical (unpaired) electrons. The molecule has 0 spiro atoms. The lowest BCUT2D eigenvalue weighted by atomic mass is 10.1. The third-order valence-corrected chi connectivity index (χ3v) is 3.98. The summed E-state index contributed by atoms with van der Waals surface area (Å²) in [5, 5.41) is 8.49. The topological polar surface area (TPSA) is 69.2 Å². The standard InChI is InChI=1S/C17H20N2O4S/c1-21-15-6-5-13(10-16(15)22-2)7-8-18-17(20)12-23-19-11-14-4-3-9-24-14/h3-6,9-11H,7-8,12H2,1-2H3,(H,18,20). The Balaban J connectivity index is 1.68. The highest BCUT2D eigenvalue weighted by Gasteiger charge is 2.05. The molecular weight excluding hydrogens is 328 g/mol. The van der Waals surface area contributed by atoms with Crippen molar-refractivity contribution in [2.45, 2.75) is 6.42 Å². The summed E-state index contributed by atoms with van der Waals surface area (Å²) in [6.07, 6.45) is 2.27. The molecule has 0 aliphatic heterocycles. The maximum atomic E-state index is 11.7. The fourth-order valence-corrected chi connectivity index (χ4v) is 2.56. The Bertz CT molecular complexity index is 671. The average Bonchev–Trinajstić information content (AvgIpc) is 3.12. The first-order valence-electron chi connectivity index (χ1n) is 7.39. The van der Waals surface area contributed by atoms with Crippen molar-refractivity contribution in [1.82, 2.24) is 5.32 Å². The highest BCUT2D eigenvalue weighted by atomic mass is 32.1. The van der Waals surface area contributed by atoms with Gasteiger partial charge in [0.05, 0.1) is 20.4 Å². The van der Waals surface area contributed by atoms with Crippen molar-refractivity contribution in [2.75, 3.05) is 27.4 Å². The van der Waals surface area contributed by atoms with Crippen LogP contribution in [0.3, 0.4) is 0 Å². The minimum absolute atomic E-state index is 0.103. The van der Waals surface area contributed by atoms with E-state index in [4.69, 9.17) is 14.3 Å². The third-order valence-electron chi connectivity index (χ3n) is 3.18. The molecule has 0 unspecified atom stereocenters. The lowest BCUT2D eigenvalue weighted by Gasteiger charge is -2.10. The van der Waals surface area contributed by atoms with E-state index in [1.54, 1.807) is 31.8 Å². The van der Waals surface area contributed by atoms with Crippen LogP contribution in [0.2, 0.25) is 0 Å². The van der Waals surface area contributed by atoms with Crippen molar-refractivity contribution in [3.05, 3.63) is 46.2 Å². The van der Waals surface area contributed by atoms with E-state index < -0.39 is 0 Å². The van der Waals surface area contributed by atoms with E-state index in [1.807, 2.05) is 35.7 Å². The molecule has 128 valence electrons. The zero-order valence-corrected chi connectivity index (χ0v) is 14.5. The van der Waals surface area contributed by atoms with Crippen molar-refractivity contribution in [3.8, 4) is 11.5 Å². The SMILES string of the molecule is COc1ccc(CCNC(=O)CON=Cc2cccs2)cc1OC. The predicted molar refractivity (Wildman–Crippen MR) is 94.1 cm³/mol. The second-order valence-corrected chi connectivity index (χ2v) is 5.79. The van der Waals surface area contributed by atoms with Crippen LogP contribution in [-0.2, 0) is 16.1 Å². The number of nitrogens with one attached hydrogen (secondary N) is 1. The van der Waals surface area contributed by atoms with Crippen LogP contribution in [0.5, 0.6) is 11.5 Å². The molecule has 1 N–H and O–H groups in total. The zero-order chi connectivity index (χ0) is 17.2. The molecule has 0 fully saturated rings. The summed E-state index contributed by atoms with van der Waals surface area (Å²) in [5.74, 6) is 1.15. The van der Waals surface area contributed by atoms with Gasteiger partial charge in [0.15, 0.2) is 18.1 Å². The number of hydrogen-bond donors (Lipinski definition) is 1. The van der Waals surface area contributed by atoms with Gasteiger partial charge in [0.25, 0.3) is 5.91 Å². The summed E-state index contributed by atoms with van der Waals surface area (Å²) < 4.78 is 10.4. The van der Waals surface area contributed by atoms with Gasteiger partial charge >= 0.3 is 0 Å². The molecule has 24 heavy (non-hydrogen) atoms. The molecule has 0 atom stereocenters. The van der Waals surface area contributed by atoms with Crippen molar-refractivity contribution in [3.63, 3.8) is 0 Å². The summed E-state index contributed by atoms with van der Waals surface area (Å²) in [4.78, 5) is 17.6. The Morgan fingerprint density at radius 3 is 2.79 bits per heavy atom. The molecular formula is C17H20N2O4S. The van der Waals surface area contributed by atoms with Gasteiger partial charge in [-0.3, -0.25) is 4.79 Å². The molecule has 1 aromatic heterocycles. The largest absolute Gasteiger partial charge is 0.493 e. The number of nitrogens with zero attached hydrogens (tertiary/aromatic N) is 1. The number of carbonyl (C=O) groups excluding carboxylic acids is 1. The van der Waals surface area contributed by atoms with E-state index in [1.165, 1.54) is 0 Å². The lowest BCUT2D eigenvalue weighted by molar-refractivity contribution is -0.125. The van der Waals surface area contributed by atoms with Gasteiger partial charge in [0.2, 0.25) is 0 Å². The van der Waals surface area contributed by atoms with Gasteiger partial charge in [0.1, 0.15) is 0 Å². The molecule has 0 aliphatic rings.